The molecule has 0 aliphatic carbocycles. The molecular weight excluding hydrogens is 406 g/mol. The summed E-state index contributed by atoms with van der Waals surface area (Å²) in [5.74, 6) is -1.04. The number of hydrazone groups is 1. The van der Waals surface area contributed by atoms with E-state index in [1.54, 1.807) is 18.2 Å². The number of phenolic OH excluding ortho intramolecular Hbond substituents is 1. The number of aromatic hydroxyl groups is 1. The lowest BCUT2D eigenvalue weighted by Gasteiger charge is -2.17. The van der Waals surface area contributed by atoms with E-state index in [0.717, 1.165) is 11.1 Å². The van der Waals surface area contributed by atoms with Gasteiger partial charge in [-0.3, -0.25) is 9.59 Å². The molecule has 0 unspecified atom stereocenters. The van der Waals surface area contributed by atoms with Gasteiger partial charge in [0.2, 0.25) is 5.91 Å². The zero-order chi connectivity index (χ0) is 22.8. The Bertz CT molecular complexity index is 1030. The molecule has 0 aromatic heterocycles. The number of phenols is 1. The predicted molar refractivity (Wildman–Crippen MR) is 123 cm³/mol. The Balaban J connectivity index is 1.60. The average Bonchev–Trinajstić information content (AvgIpc) is 2.82. The molecule has 0 bridgehead atoms. The zero-order valence-corrected chi connectivity index (χ0v) is 17.7. The Morgan fingerprint density at radius 2 is 1.59 bits per heavy atom. The van der Waals surface area contributed by atoms with Crippen LogP contribution in [0.5, 0.6) is 11.5 Å². The van der Waals surface area contributed by atoms with Gasteiger partial charge in [-0.1, -0.05) is 66.7 Å². The SMILES string of the molecule is CCOc1cccc(/C=N\NC(=O)CNC(=O)C(c2ccccc2)c2ccccc2)c1O. The van der Waals surface area contributed by atoms with Gasteiger partial charge in [0.05, 0.1) is 25.3 Å². The monoisotopic (exact) mass is 431 g/mol. The fraction of sp³-hybridized carbons (Fsp3) is 0.160. The average molecular weight is 431 g/mol. The number of nitrogens with zero attached hydrogens (tertiary/aromatic N) is 1. The number of nitrogens with one attached hydrogen (secondary N) is 2. The molecule has 0 spiro atoms. The van der Waals surface area contributed by atoms with Crippen molar-refractivity contribution in [2.75, 3.05) is 13.2 Å². The minimum Gasteiger partial charge on any atom is -0.504 e. The number of hydrogen-bond donors (Lipinski definition) is 3. The first-order valence-electron chi connectivity index (χ1n) is 10.2. The first-order valence-corrected chi connectivity index (χ1v) is 10.2. The Kier molecular flexibility index (Phi) is 7.97. The van der Waals surface area contributed by atoms with Crippen LogP contribution in [0.15, 0.2) is 84.0 Å². The van der Waals surface area contributed by atoms with E-state index in [0.29, 0.717) is 17.9 Å². The second-order valence-electron chi connectivity index (χ2n) is 6.89. The minimum absolute atomic E-state index is 0.0609. The molecule has 0 saturated heterocycles. The second-order valence-corrected chi connectivity index (χ2v) is 6.89. The van der Waals surface area contributed by atoms with Crippen molar-refractivity contribution in [2.24, 2.45) is 5.10 Å². The Labute approximate surface area is 186 Å². The third kappa shape index (κ3) is 5.95. The molecule has 7 heteroatoms. The summed E-state index contributed by atoms with van der Waals surface area (Å²) in [6.45, 7) is 1.99. The maximum atomic E-state index is 12.9. The number of carbonyl (C=O) groups is 2. The number of carbonyl (C=O) groups excluding carboxylic acids is 2. The van der Waals surface area contributed by atoms with Crippen LogP contribution in [0, 0.1) is 0 Å². The lowest BCUT2D eigenvalue weighted by atomic mass is 9.90. The highest BCUT2D eigenvalue weighted by atomic mass is 16.5. The van der Waals surface area contributed by atoms with Gasteiger partial charge in [0.25, 0.3) is 5.91 Å². The van der Waals surface area contributed by atoms with Gasteiger partial charge in [0.1, 0.15) is 0 Å². The van der Waals surface area contributed by atoms with Gasteiger partial charge >= 0.3 is 0 Å². The molecule has 0 aliphatic rings. The topological polar surface area (TPSA) is 100 Å². The Hall–Kier alpha value is -4.13. The molecule has 0 atom stereocenters. The number of benzene rings is 3. The van der Waals surface area contributed by atoms with E-state index >= 15 is 0 Å². The first kappa shape index (κ1) is 22.6. The standard InChI is InChI=1S/C25H25N3O4/c1-2-32-21-15-9-14-20(24(21)30)16-27-28-22(29)17-26-25(31)23(18-10-5-3-6-11-18)19-12-7-4-8-13-19/h3-16,23,30H,2,17H2,1H3,(H,26,31)(H,28,29)/b27-16-. The highest BCUT2D eigenvalue weighted by Gasteiger charge is 2.22. The van der Waals surface area contributed by atoms with Gasteiger partial charge < -0.3 is 15.2 Å². The van der Waals surface area contributed by atoms with Crippen LogP contribution < -0.4 is 15.5 Å². The highest BCUT2D eigenvalue weighted by Crippen LogP contribution is 2.28. The van der Waals surface area contributed by atoms with Gasteiger partial charge in [0.15, 0.2) is 11.5 Å². The van der Waals surface area contributed by atoms with Crippen LogP contribution in [0.3, 0.4) is 0 Å². The van der Waals surface area contributed by atoms with Crippen molar-refractivity contribution in [3.05, 3.63) is 95.6 Å². The van der Waals surface area contributed by atoms with Crippen LogP contribution in [0.2, 0.25) is 0 Å². The van der Waals surface area contributed by atoms with E-state index in [9.17, 15) is 14.7 Å². The largest absolute Gasteiger partial charge is 0.504 e. The lowest BCUT2D eigenvalue weighted by Crippen LogP contribution is -2.37. The van der Waals surface area contributed by atoms with Crippen LogP contribution in [0.4, 0.5) is 0 Å². The minimum atomic E-state index is -0.535. The molecule has 3 aromatic rings. The molecule has 2 amide bonds. The number of ether oxygens (including phenoxy) is 1. The summed E-state index contributed by atoms with van der Waals surface area (Å²) in [6.07, 6.45) is 1.31. The maximum Gasteiger partial charge on any atom is 0.259 e. The molecule has 0 radical (unpaired) electrons. The van der Waals surface area contributed by atoms with Gasteiger partial charge in [0, 0.05) is 5.56 Å². The Morgan fingerprint density at radius 3 is 2.19 bits per heavy atom. The summed E-state index contributed by atoms with van der Waals surface area (Å²) in [6, 6.07) is 23.8. The second kappa shape index (κ2) is 11.3. The van der Waals surface area contributed by atoms with Crippen molar-refractivity contribution in [3.8, 4) is 11.5 Å². The smallest absolute Gasteiger partial charge is 0.259 e. The van der Waals surface area contributed by atoms with Crippen molar-refractivity contribution in [2.45, 2.75) is 12.8 Å². The number of para-hydroxylation sites is 1. The van der Waals surface area contributed by atoms with Gasteiger partial charge in [-0.15, -0.1) is 0 Å². The summed E-state index contributed by atoms with van der Waals surface area (Å²) in [4.78, 5) is 25.1. The van der Waals surface area contributed by atoms with Crippen LogP contribution in [-0.4, -0.2) is 36.3 Å². The maximum absolute atomic E-state index is 12.9. The molecule has 0 saturated carbocycles. The number of rotatable bonds is 9. The molecule has 3 rings (SSSR count). The van der Waals surface area contributed by atoms with Crippen molar-refractivity contribution < 1.29 is 19.4 Å². The molecule has 7 nitrogen and oxygen atoms in total. The van der Waals surface area contributed by atoms with E-state index in [-0.39, 0.29) is 18.2 Å². The van der Waals surface area contributed by atoms with E-state index in [1.807, 2.05) is 67.6 Å². The summed E-state index contributed by atoms with van der Waals surface area (Å²) < 4.78 is 5.32. The molecule has 3 aromatic carbocycles. The molecule has 0 aliphatic heterocycles. The van der Waals surface area contributed by atoms with Crippen molar-refractivity contribution in [3.63, 3.8) is 0 Å². The van der Waals surface area contributed by atoms with E-state index < -0.39 is 11.8 Å². The zero-order valence-electron chi connectivity index (χ0n) is 17.7. The van der Waals surface area contributed by atoms with Gasteiger partial charge in [-0.05, 0) is 30.2 Å². The van der Waals surface area contributed by atoms with E-state index in [1.165, 1.54) is 6.21 Å². The third-order valence-electron chi connectivity index (χ3n) is 4.67. The van der Waals surface area contributed by atoms with Crippen molar-refractivity contribution >= 4 is 18.0 Å². The summed E-state index contributed by atoms with van der Waals surface area (Å²) in [7, 11) is 0. The molecular formula is C25H25N3O4. The number of hydrogen-bond acceptors (Lipinski definition) is 5. The van der Waals surface area contributed by atoms with Gasteiger partial charge in [-0.2, -0.15) is 5.10 Å². The molecule has 0 heterocycles. The summed E-state index contributed by atoms with van der Waals surface area (Å²) in [5, 5.41) is 16.7. The van der Waals surface area contributed by atoms with E-state index in [2.05, 4.69) is 15.8 Å². The van der Waals surface area contributed by atoms with Gasteiger partial charge in [-0.25, -0.2) is 5.43 Å². The van der Waals surface area contributed by atoms with Crippen molar-refractivity contribution in [1.29, 1.82) is 0 Å². The first-order chi connectivity index (χ1) is 15.6. The third-order valence-corrected chi connectivity index (χ3v) is 4.67. The quantitative estimate of drug-likeness (QED) is 0.358. The number of amides is 2. The predicted octanol–water partition coefficient (Wildman–Crippen LogP) is 3.19. The molecule has 164 valence electrons. The van der Waals surface area contributed by atoms with E-state index in [4.69, 9.17) is 4.74 Å². The van der Waals surface area contributed by atoms with Crippen molar-refractivity contribution in [1.82, 2.24) is 10.7 Å². The molecule has 32 heavy (non-hydrogen) atoms. The fourth-order valence-electron chi connectivity index (χ4n) is 3.18. The van der Waals surface area contributed by atoms with Crippen LogP contribution >= 0.6 is 0 Å². The summed E-state index contributed by atoms with van der Waals surface area (Å²) in [5.41, 5.74) is 4.41. The summed E-state index contributed by atoms with van der Waals surface area (Å²) >= 11 is 0. The lowest BCUT2D eigenvalue weighted by molar-refractivity contribution is -0.126. The Morgan fingerprint density at radius 1 is 0.969 bits per heavy atom. The highest BCUT2D eigenvalue weighted by molar-refractivity contribution is 5.91. The fourth-order valence-corrected chi connectivity index (χ4v) is 3.18. The molecule has 0 fully saturated rings. The molecule has 3 N–H and O–H groups in total. The normalized spacial score (nSPS) is 10.8. The van der Waals surface area contributed by atoms with Crippen LogP contribution in [0.1, 0.15) is 29.5 Å². The van der Waals surface area contributed by atoms with Crippen LogP contribution in [-0.2, 0) is 9.59 Å². The van der Waals surface area contributed by atoms with Crippen LogP contribution in [0.25, 0.3) is 0 Å².